The molecule has 102 valence electrons. The first-order valence-corrected chi connectivity index (χ1v) is 7.92. The summed E-state index contributed by atoms with van der Waals surface area (Å²) in [6.07, 6.45) is 0.970. The van der Waals surface area contributed by atoms with E-state index in [1.807, 2.05) is 24.4 Å². The largest absolute Gasteiger partial charge is 0.288 e. The van der Waals surface area contributed by atoms with Gasteiger partial charge >= 0.3 is 0 Å². The van der Waals surface area contributed by atoms with Gasteiger partial charge in [0.1, 0.15) is 0 Å². The zero-order valence-electron chi connectivity index (χ0n) is 11.7. The molecule has 0 spiro atoms. The van der Waals surface area contributed by atoms with Crippen molar-refractivity contribution in [3.63, 3.8) is 0 Å². The van der Waals surface area contributed by atoms with Crippen LogP contribution in [0.4, 0.5) is 0 Å². The number of carbonyl (C=O) groups excluding carboxylic acids is 1. The van der Waals surface area contributed by atoms with Crippen LogP contribution in [0.1, 0.15) is 31.9 Å². The van der Waals surface area contributed by atoms with Gasteiger partial charge in [-0.2, -0.15) is 0 Å². The fourth-order valence-electron chi connectivity index (χ4n) is 3.00. The van der Waals surface area contributed by atoms with Crippen LogP contribution in [0.15, 0.2) is 53.9 Å². The van der Waals surface area contributed by atoms with Gasteiger partial charge in [-0.25, -0.2) is 0 Å². The topological polar surface area (TPSA) is 17.1 Å². The van der Waals surface area contributed by atoms with Crippen LogP contribution in [0, 0.1) is 6.92 Å². The van der Waals surface area contributed by atoms with E-state index in [1.54, 1.807) is 0 Å². The molecule has 0 aliphatic heterocycles. The maximum Gasteiger partial charge on any atom is 0.203 e. The number of hydrogen-bond acceptors (Lipinski definition) is 2. The summed E-state index contributed by atoms with van der Waals surface area (Å²) >= 11 is 1.52. The molecular weight excluding hydrogens is 276 g/mol. The van der Waals surface area contributed by atoms with Crippen molar-refractivity contribution >= 4 is 17.1 Å². The third-order valence-corrected chi connectivity index (χ3v) is 5.14. The van der Waals surface area contributed by atoms with Gasteiger partial charge in [-0.3, -0.25) is 4.79 Å². The summed E-state index contributed by atoms with van der Waals surface area (Å²) < 4.78 is 0. The average molecular weight is 290 g/mol. The average Bonchev–Trinajstić information content (AvgIpc) is 3.09. The van der Waals surface area contributed by atoms with E-state index in [0.29, 0.717) is 0 Å². The Kier molecular flexibility index (Phi) is 2.79. The van der Waals surface area contributed by atoms with Crippen molar-refractivity contribution in [3.8, 4) is 11.1 Å². The summed E-state index contributed by atoms with van der Waals surface area (Å²) in [5, 5.41) is 1.98. The normalized spacial score (nSPS) is 12.0. The van der Waals surface area contributed by atoms with Crippen LogP contribution in [0.3, 0.4) is 0 Å². The summed E-state index contributed by atoms with van der Waals surface area (Å²) in [4.78, 5) is 13.5. The van der Waals surface area contributed by atoms with Gasteiger partial charge in [0.15, 0.2) is 0 Å². The third-order valence-electron chi connectivity index (χ3n) is 4.13. The second kappa shape index (κ2) is 4.68. The van der Waals surface area contributed by atoms with Gasteiger partial charge in [0.05, 0.1) is 4.88 Å². The number of hydrogen-bond donors (Lipinski definition) is 0. The molecule has 1 aromatic heterocycles. The molecule has 21 heavy (non-hydrogen) atoms. The molecule has 4 rings (SSSR count). The second-order valence-corrected chi connectivity index (χ2v) is 6.38. The van der Waals surface area contributed by atoms with Crippen LogP contribution in [0.5, 0.6) is 0 Å². The summed E-state index contributed by atoms with van der Waals surface area (Å²) in [6, 6.07) is 16.6. The molecule has 0 radical (unpaired) electrons. The van der Waals surface area contributed by atoms with Crippen molar-refractivity contribution in [3.05, 3.63) is 81.0 Å². The highest BCUT2D eigenvalue weighted by Crippen LogP contribution is 2.37. The monoisotopic (exact) mass is 290 g/mol. The van der Waals surface area contributed by atoms with E-state index >= 15 is 0 Å². The lowest BCUT2D eigenvalue weighted by molar-refractivity contribution is 0.104. The highest BCUT2D eigenvalue weighted by molar-refractivity contribution is 7.12. The molecule has 0 atom stereocenters. The Morgan fingerprint density at radius 1 is 1.00 bits per heavy atom. The molecule has 1 aliphatic carbocycles. The quantitative estimate of drug-likeness (QED) is 0.482. The molecule has 0 saturated carbocycles. The number of rotatable bonds is 2. The Hall–Kier alpha value is -2.19. The minimum atomic E-state index is 0.134. The molecule has 0 fully saturated rings. The summed E-state index contributed by atoms with van der Waals surface area (Å²) in [5.74, 6) is 0.134. The molecular formula is C19H14OS. The minimum Gasteiger partial charge on any atom is -0.288 e. The zero-order valence-corrected chi connectivity index (χ0v) is 12.5. The Morgan fingerprint density at radius 2 is 1.81 bits per heavy atom. The molecule has 1 heterocycles. The minimum absolute atomic E-state index is 0.134. The molecule has 0 saturated heterocycles. The van der Waals surface area contributed by atoms with E-state index in [-0.39, 0.29) is 5.78 Å². The Balaban J connectivity index is 1.82. The van der Waals surface area contributed by atoms with Crippen molar-refractivity contribution in [2.45, 2.75) is 13.3 Å². The van der Waals surface area contributed by atoms with Crippen LogP contribution in [0.25, 0.3) is 11.1 Å². The van der Waals surface area contributed by atoms with Crippen molar-refractivity contribution < 1.29 is 4.79 Å². The molecule has 0 unspecified atom stereocenters. The van der Waals surface area contributed by atoms with Crippen LogP contribution >= 0.6 is 11.3 Å². The second-order valence-electron chi connectivity index (χ2n) is 5.47. The van der Waals surface area contributed by atoms with Crippen LogP contribution < -0.4 is 0 Å². The summed E-state index contributed by atoms with van der Waals surface area (Å²) in [5.41, 5.74) is 7.00. The van der Waals surface area contributed by atoms with Crippen molar-refractivity contribution in [1.82, 2.24) is 0 Å². The van der Waals surface area contributed by atoms with Gasteiger partial charge in [0.2, 0.25) is 5.78 Å². The van der Waals surface area contributed by atoms with E-state index in [1.165, 1.54) is 33.6 Å². The summed E-state index contributed by atoms with van der Waals surface area (Å²) in [7, 11) is 0. The highest BCUT2D eigenvalue weighted by Gasteiger charge is 2.20. The van der Waals surface area contributed by atoms with Gasteiger partial charge in [-0.15, -0.1) is 11.3 Å². The zero-order chi connectivity index (χ0) is 14.4. The van der Waals surface area contributed by atoms with Crippen molar-refractivity contribution in [1.29, 1.82) is 0 Å². The predicted octanol–water partition coefficient (Wildman–Crippen LogP) is 4.86. The molecule has 0 bridgehead atoms. The lowest BCUT2D eigenvalue weighted by Gasteiger charge is -2.05. The molecule has 3 aromatic rings. The van der Waals surface area contributed by atoms with Crippen LogP contribution in [0.2, 0.25) is 0 Å². The van der Waals surface area contributed by atoms with E-state index in [9.17, 15) is 4.79 Å². The molecule has 0 N–H and O–H groups in total. The molecule has 2 heteroatoms. The van der Waals surface area contributed by atoms with Gasteiger partial charge in [0.25, 0.3) is 0 Å². The number of aryl methyl sites for hydroxylation is 1. The maximum atomic E-state index is 12.7. The standard InChI is InChI=1S/C19H14OS/c1-12-8-9-21-19(12)18(20)15-7-6-14-10-13-4-2-3-5-16(13)17(14)11-15/h2-9,11H,10H2,1H3. The van der Waals surface area contributed by atoms with Crippen molar-refractivity contribution in [2.24, 2.45) is 0 Å². The highest BCUT2D eigenvalue weighted by atomic mass is 32.1. The first kappa shape index (κ1) is 12.5. The molecule has 1 aliphatic rings. The van der Waals surface area contributed by atoms with Gasteiger partial charge < -0.3 is 0 Å². The molecule has 0 amide bonds. The lowest BCUT2D eigenvalue weighted by Crippen LogP contribution is -2.00. The van der Waals surface area contributed by atoms with Gasteiger partial charge in [-0.05, 0) is 58.7 Å². The van der Waals surface area contributed by atoms with Gasteiger partial charge in [-0.1, -0.05) is 36.4 Å². The third kappa shape index (κ3) is 1.95. The fourth-order valence-corrected chi connectivity index (χ4v) is 3.89. The number of benzene rings is 2. The predicted molar refractivity (Wildman–Crippen MR) is 87.2 cm³/mol. The van der Waals surface area contributed by atoms with E-state index in [2.05, 4.69) is 36.4 Å². The SMILES string of the molecule is Cc1ccsc1C(=O)c1ccc2c(c1)-c1ccccc1C2. The van der Waals surface area contributed by atoms with Crippen molar-refractivity contribution in [2.75, 3.05) is 0 Å². The first-order chi connectivity index (χ1) is 10.2. The molecule has 2 aromatic carbocycles. The van der Waals surface area contributed by atoms with E-state index < -0.39 is 0 Å². The number of thiophene rings is 1. The Morgan fingerprint density at radius 3 is 2.62 bits per heavy atom. The van der Waals surface area contributed by atoms with Crippen LogP contribution in [-0.4, -0.2) is 5.78 Å². The number of ketones is 1. The number of carbonyl (C=O) groups is 1. The Labute approximate surface area is 127 Å². The smallest absolute Gasteiger partial charge is 0.203 e. The van der Waals surface area contributed by atoms with E-state index in [0.717, 1.165) is 22.4 Å². The van der Waals surface area contributed by atoms with Gasteiger partial charge in [0, 0.05) is 5.56 Å². The first-order valence-electron chi connectivity index (χ1n) is 7.04. The fraction of sp³-hybridized carbons (Fsp3) is 0.105. The maximum absolute atomic E-state index is 12.7. The van der Waals surface area contributed by atoms with Crippen LogP contribution in [-0.2, 0) is 6.42 Å². The van der Waals surface area contributed by atoms with E-state index in [4.69, 9.17) is 0 Å². The Bertz CT molecular complexity index is 858. The lowest BCUT2D eigenvalue weighted by atomic mass is 10.00. The summed E-state index contributed by atoms with van der Waals surface area (Å²) in [6.45, 7) is 1.99. The molecule has 1 nitrogen and oxygen atoms in total. The number of fused-ring (bicyclic) bond motifs is 3.